The van der Waals surface area contributed by atoms with Gasteiger partial charge in [0, 0.05) is 26.3 Å². The SMILES string of the molecule is CN(C)c1ccc(C2(C)NCCCNC2=O)cc1. The lowest BCUT2D eigenvalue weighted by atomic mass is 9.91. The molecule has 1 heterocycles. The number of carbonyl (C=O) groups is 1. The van der Waals surface area contributed by atoms with Crippen LogP contribution in [-0.4, -0.2) is 33.1 Å². The third kappa shape index (κ3) is 2.34. The maximum absolute atomic E-state index is 12.2. The summed E-state index contributed by atoms with van der Waals surface area (Å²) in [4.78, 5) is 14.2. The molecule has 0 spiro atoms. The summed E-state index contributed by atoms with van der Waals surface area (Å²) in [6.07, 6.45) is 0.969. The fourth-order valence-corrected chi connectivity index (χ4v) is 2.21. The first-order valence-corrected chi connectivity index (χ1v) is 6.35. The molecule has 1 fully saturated rings. The maximum Gasteiger partial charge on any atom is 0.244 e. The number of anilines is 1. The van der Waals surface area contributed by atoms with Gasteiger partial charge in [-0.2, -0.15) is 0 Å². The van der Waals surface area contributed by atoms with Crippen molar-refractivity contribution in [2.24, 2.45) is 0 Å². The van der Waals surface area contributed by atoms with Crippen molar-refractivity contribution >= 4 is 11.6 Å². The van der Waals surface area contributed by atoms with E-state index < -0.39 is 5.54 Å². The molecule has 1 saturated heterocycles. The van der Waals surface area contributed by atoms with Crippen molar-refractivity contribution in [1.82, 2.24) is 10.6 Å². The van der Waals surface area contributed by atoms with E-state index >= 15 is 0 Å². The van der Waals surface area contributed by atoms with E-state index in [1.165, 1.54) is 0 Å². The molecule has 1 amide bonds. The summed E-state index contributed by atoms with van der Waals surface area (Å²) in [7, 11) is 4.01. The van der Waals surface area contributed by atoms with Crippen LogP contribution in [0.1, 0.15) is 18.9 Å². The van der Waals surface area contributed by atoms with Crippen LogP contribution in [0.4, 0.5) is 5.69 Å². The minimum atomic E-state index is -0.624. The zero-order valence-corrected chi connectivity index (χ0v) is 11.3. The van der Waals surface area contributed by atoms with Crippen molar-refractivity contribution < 1.29 is 4.79 Å². The smallest absolute Gasteiger partial charge is 0.244 e. The van der Waals surface area contributed by atoms with E-state index in [0.29, 0.717) is 0 Å². The largest absolute Gasteiger partial charge is 0.378 e. The van der Waals surface area contributed by atoms with E-state index in [1.807, 2.05) is 50.2 Å². The van der Waals surface area contributed by atoms with Crippen LogP contribution < -0.4 is 15.5 Å². The van der Waals surface area contributed by atoms with Gasteiger partial charge in [0.05, 0.1) is 0 Å². The van der Waals surface area contributed by atoms with Gasteiger partial charge in [-0.3, -0.25) is 10.1 Å². The Labute approximate surface area is 108 Å². The second kappa shape index (κ2) is 4.98. The summed E-state index contributed by atoms with van der Waals surface area (Å²) in [5, 5.41) is 6.31. The molecule has 0 aromatic heterocycles. The van der Waals surface area contributed by atoms with E-state index in [1.54, 1.807) is 0 Å². The van der Waals surface area contributed by atoms with Crippen molar-refractivity contribution in [2.75, 3.05) is 32.1 Å². The normalized spacial score (nSPS) is 24.3. The van der Waals surface area contributed by atoms with Gasteiger partial charge < -0.3 is 10.2 Å². The minimum Gasteiger partial charge on any atom is -0.378 e. The lowest BCUT2D eigenvalue weighted by molar-refractivity contribution is -0.126. The molecule has 2 rings (SSSR count). The molecule has 0 bridgehead atoms. The molecule has 2 N–H and O–H groups in total. The average Bonchev–Trinajstić information content (AvgIpc) is 2.53. The second-order valence-electron chi connectivity index (χ2n) is 5.10. The van der Waals surface area contributed by atoms with Crippen molar-refractivity contribution in [3.8, 4) is 0 Å². The molecule has 0 aliphatic carbocycles. The molecule has 98 valence electrons. The van der Waals surface area contributed by atoms with Gasteiger partial charge in [-0.05, 0) is 37.6 Å². The Balaban J connectivity index is 2.30. The molecule has 1 aromatic rings. The summed E-state index contributed by atoms with van der Waals surface area (Å²) < 4.78 is 0. The predicted molar refractivity (Wildman–Crippen MR) is 73.8 cm³/mol. The van der Waals surface area contributed by atoms with Gasteiger partial charge in [-0.1, -0.05) is 12.1 Å². The first-order chi connectivity index (χ1) is 8.54. The highest BCUT2D eigenvalue weighted by Crippen LogP contribution is 2.24. The van der Waals surface area contributed by atoms with Crippen LogP contribution in [0, 0.1) is 0 Å². The lowest BCUT2D eigenvalue weighted by Gasteiger charge is -2.28. The molecule has 4 nitrogen and oxygen atoms in total. The summed E-state index contributed by atoms with van der Waals surface area (Å²) in [6, 6.07) is 8.13. The van der Waals surface area contributed by atoms with E-state index in [-0.39, 0.29) is 5.91 Å². The molecule has 4 heteroatoms. The Bertz CT molecular complexity index is 427. The van der Waals surface area contributed by atoms with Crippen LogP contribution in [-0.2, 0) is 10.3 Å². The monoisotopic (exact) mass is 247 g/mol. The Hall–Kier alpha value is -1.55. The molecular formula is C14H21N3O. The molecule has 0 saturated carbocycles. The van der Waals surface area contributed by atoms with Gasteiger partial charge in [-0.25, -0.2) is 0 Å². The van der Waals surface area contributed by atoms with Crippen LogP contribution in [0.5, 0.6) is 0 Å². The molecule has 0 radical (unpaired) electrons. The molecule has 1 atom stereocenters. The Morgan fingerprint density at radius 3 is 2.44 bits per heavy atom. The highest BCUT2D eigenvalue weighted by molar-refractivity contribution is 5.87. The fourth-order valence-electron chi connectivity index (χ4n) is 2.21. The van der Waals surface area contributed by atoms with E-state index in [2.05, 4.69) is 10.6 Å². The van der Waals surface area contributed by atoms with Crippen LogP contribution >= 0.6 is 0 Å². The van der Waals surface area contributed by atoms with Crippen molar-refractivity contribution in [2.45, 2.75) is 18.9 Å². The number of benzene rings is 1. The first kappa shape index (κ1) is 12.9. The molecule has 1 unspecified atom stereocenters. The Kier molecular flexibility index (Phi) is 3.57. The van der Waals surface area contributed by atoms with E-state index in [0.717, 1.165) is 30.8 Å². The van der Waals surface area contributed by atoms with Gasteiger partial charge >= 0.3 is 0 Å². The molecule has 18 heavy (non-hydrogen) atoms. The number of amides is 1. The second-order valence-corrected chi connectivity index (χ2v) is 5.10. The Morgan fingerprint density at radius 1 is 1.17 bits per heavy atom. The number of carbonyl (C=O) groups excluding carboxylic acids is 1. The maximum atomic E-state index is 12.2. The molecular weight excluding hydrogens is 226 g/mol. The van der Waals surface area contributed by atoms with Crippen molar-refractivity contribution in [3.05, 3.63) is 29.8 Å². The highest BCUT2D eigenvalue weighted by atomic mass is 16.2. The Morgan fingerprint density at radius 2 is 1.83 bits per heavy atom. The van der Waals surface area contributed by atoms with Crippen LogP contribution in [0.3, 0.4) is 0 Å². The third-order valence-electron chi connectivity index (χ3n) is 3.53. The quantitative estimate of drug-likeness (QED) is 0.822. The molecule has 1 aliphatic heterocycles. The number of nitrogens with zero attached hydrogens (tertiary/aromatic N) is 1. The van der Waals surface area contributed by atoms with Crippen molar-refractivity contribution in [3.63, 3.8) is 0 Å². The number of hydrogen-bond donors (Lipinski definition) is 2. The third-order valence-corrected chi connectivity index (χ3v) is 3.53. The number of rotatable bonds is 2. The molecule has 1 aromatic carbocycles. The molecule has 1 aliphatic rings. The first-order valence-electron chi connectivity index (χ1n) is 6.35. The van der Waals surface area contributed by atoms with Crippen LogP contribution in [0.15, 0.2) is 24.3 Å². The lowest BCUT2D eigenvalue weighted by Crippen LogP contribution is -2.49. The average molecular weight is 247 g/mol. The van der Waals surface area contributed by atoms with Gasteiger partial charge in [-0.15, -0.1) is 0 Å². The van der Waals surface area contributed by atoms with Gasteiger partial charge in [0.25, 0.3) is 0 Å². The zero-order chi connectivity index (χ0) is 13.2. The van der Waals surface area contributed by atoms with Crippen LogP contribution in [0.25, 0.3) is 0 Å². The van der Waals surface area contributed by atoms with E-state index in [9.17, 15) is 4.79 Å². The number of hydrogen-bond acceptors (Lipinski definition) is 3. The van der Waals surface area contributed by atoms with E-state index in [4.69, 9.17) is 0 Å². The fraction of sp³-hybridized carbons (Fsp3) is 0.500. The minimum absolute atomic E-state index is 0.0533. The highest BCUT2D eigenvalue weighted by Gasteiger charge is 2.35. The van der Waals surface area contributed by atoms with Gasteiger partial charge in [0.2, 0.25) is 5.91 Å². The predicted octanol–water partition coefficient (Wildman–Crippen LogP) is 1.08. The van der Waals surface area contributed by atoms with Gasteiger partial charge in [0.1, 0.15) is 5.54 Å². The van der Waals surface area contributed by atoms with Crippen molar-refractivity contribution in [1.29, 1.82) is 0 Å². The summed E-state index contributed by atoms with van der Waals surface area (Å²) in [6.45, 7) is 3.54. The van der Waals surface area contributed by atoms with Crippen LogP contribution in [0.2, 0.25) is 0 Å². The zero-order valence-electron chi connectivity index (χ0n) is 11.3. The summed E-state index contributed by atoms with van der Waals surface area (Å²) in [5.74, 6) is 0.0533. The number of nitrogens with one attached hydrogen (secondary N) is 2. The summed E-state index contributed by atoms with van der Waals surface area (Å²) >= 11 is 0. The van der Waals surface area contributed by atoms with Gasteiger partial charge in [0.15, 0.2) is 0 Å². The standard InChI is InChI=1S/C14H21N3O/c1-14(13(18)15-9-4-10-16-14)11-5-7-12(8-6-11)17(2)3/h5-8,16H,4,9-10H2,1-3H3,(H,15,18). The summed E-state index contributed by atoms with van der Waals surface area (Å²) in [5.41, 5.74) is 1.52. The topological polar surface area (TPSA) is 44.4 Å².